The third-order valence-corrected chi connectivity index (χ3v) is 4.70. The normalized spacial score (nSPS) is 54.6. The second-order valence-electron chi connectivity index (χ2n) is 4.98. The number of ether oxygens (including phenoxy) is 3. The van der Waals surface area contributed by atoms with Crippen molar-refractivity contribution in [3.8, 4) is 0 Å². The molecule has 1 aliphatic carbocycles. The third kappa shape index (κ3) is 1.27. The lowest BCUT2D eigenvalue weighted by Crippen LogP contribution is -2.46. The van der Waals surface area contributed by atoms with Crippen molar-refractivity contribution in [2.45, 2.75) is 54.2 Å². The van der Waals surface area contributed by atoms with Gasteiger partial charge in [0.05, 0.1) is 18.8 Å². The molecule has 2 aliphatic heterocycles. The first-order chi connectivity index (χ1) is 6.51. The van der Waals surface area contributed by atoms with Gasteiger partial charge in [-0.25, -0.2) is 0 Å². The highest BCUT2D eigenvalue weighted by molar-refractivity contribution is 14.1. The first-order valence-electron chi connectivity index (χ1n) is 5.14. The summed E-state index contributed by atoms with van der Waals surface area (Å²) in [6, 6.07) is 0. The first kappa shape index (κ1) is 9.81. The van der Waals surface area contributed by atoms with E-state index < -0.39 is 5.79 Å². The molecule has 0 N–H and O–H groups in total. The molecule has 2 heterocycles. The minimum atomic E-state index is -0.427. The summed E-state index contributed by atoms with van der Waals surface area (Å²) in [4.78, 5) is 0. The van der Waals surface area contributed by atoms with E-state index in [1.54, 1.807) is 0 Å². The quantitative estimate of drug-likeness (QED) is 0.505. The molecule has 3 nitrogen and oxygen atoms in total. The maximum absolute atomic E-state index is 6.03. The van der Waals surface area contributed by atoms with Gasteiger partial charge in [0, 0.05) is 10.3 Å². The largest absolute Gasteiger partial charge is 0.374 e. The zero-order valence-electron chi connectivity index (χ0n) is 8.46. The molecule has 1 spiro atoms. The number of hydrogen-bond acceptors (Lipinski definition) is 3. The molecule has 1 saturated carbocycles. The topological polar surface area (TPSA) is 27.7 Å². The predicted octanol–water partition coefficient (Wildman–Crippen LogP) is 1.87. The Kier molecular flexibility index (Phi) is 1.99. The SMILES string of the molecule is CC1(C)O[C@@H]2C[C@@H](I)[C@H]3C[C@@]2(CO3)O1. The Hall–Kier alpha value is 0.610. The Morgan fingerprint density at radius 3 is 2.93 bits per heavy atom. The van der Waals surface area contributed by atoms with Crippen molar-refractivity contribution in [3.63, 3.8) is 0 Å². The maximum atomic E-state index is 6.03. The van der Waals surface area contributed by atoms with E-state index >= 15 is 0 Å². The number of hydrogen-bond donors (Lipinski definition) is 0. The summed E-state index contributed by atoms with van der Waals surface area (Å²) in [5, 5.41) is 0. The van der Waals surface area contributed by atoms with Crippen LogP contribution >= 0.6 is 22.6 Å². The molecule has 3 aliphatic rings. The van der Waals surface area contributed by atoms with E-state index in [-0.39, 0.29) is 11.7 Å². The second kappa shape index (κ2) is 2.84. The van der Waals surface area contributed by atoms with E-state index in [9.17, 15) is 0 Å². The van der Waals surface area contributed by atoms with Crippen LogP contribution in [-0.4, -0.2) is 34.1 Å². The summed E-state index contributed by atoms with van der Waals surface area (Å²) in [6.45, 7) is 4.70. The van der Waals surface area contributed by atoms with Crippen LogP contribution in [0.5, 0.6) is 0 Å². The molecule has 0 amide bonds. The van der Waals surface area contributed by atoms with Gasteiger partial charge in [0.15, 0.2) is 5.79 Å². The molecule has 3 fully saturated rings. The molecule has 0 aromatic rings. The van der Waals surface area contributed by atoms with Crippen LogP contribution in [0.2, 0.25) is 0 Å². The summed E-state index contributed by atoms with van der Waals surface area (Å²) >= 11 is 2.47. The zero-order chi connectivity index (χ0) is 9.97. The molecule has 4 heteroatoms. The zero-order valence-corrected chi connectivity index (χ0v) is 10.6. The van der Waals surface area contributed by atoms with Crippen LogP contribution < -0.4 is 0 Å². The van der Waals surface area contributed by atoms with E-state index in [0.29, 0.717) is 16.6 Å². The Balaban J connectivity index is 1.92. The van der Waals surface area contributed by atoms with Crippen molar-refractivity contribution in [3.05, 3.63) is 0 Å². The van der Waals surface area contributed by atoms with Crippen LogP contribution in [0.15, 0.2) is 0 Å². The highest BCUT2D eigenvalue weighted by Crippen LogP contribution is 2.50. The van der Waals surface area contributed by atoms with Crippen molar-refractivity contribution in [1.29, 1.82) is 0 Å². The molecule has 3 rings (SSSR count). The molecule has 80 valence electrons. The average molecular weight is 310 g/mol. The molecular weight excluding hydrogens is 295 g/mol. The van der Waals surface area contributed by atoms with E-state index in [4.69, 9.17) is 14.2 Å². The van der Waals surface area contributed by atoms with Crippen molar-refractivity contribution in [2.24, 2.45) is 0 Å². The molecule has 0 aromatic carbocycles. The summed E-state index contributed by atoms with van der Waals surface area (Å²) in [7, 11) is 0. The summed E-state index contributed by atoms with van der Waals surface area (Å²) in [5.74, 6) is -0.427. The number of alkyl halides is 1. The fourth-order valence-electron chi connectivity index (χ4n) is 2.88. The van der Waals surface area contributed by atoms with E-state index in [1.165, 1.54) is 0 Å². The number of fused-ring (bicyclic) bond motifs is 1. The summed E-state index contributed by atoms with van der Waals surface area (Å²) in [5.41, 5.74) is -0.129. The third-order valence-electron chi connectivity index (χ3n) is 3.39. The molecule has 0 unspecified atom stereocenters. The van der Waals surface area contributed by atoms with E-state index in [0.717, 1.165) is 12.8 Å². The van der Waals surface area contributed by atoms with Gasteiger partial charge >= 0.3 is 0 Å². The Bertz CT molecular complexity index is 268. The van der Waals surface area contributed by atoms with Crippen LogP contribution in [0.1, 0.15) is 26.7 Å². The van der Waals surface area contributed by atoms with Crippen molar-refractivity contribution >= 4 is 22.6 Å². The van der Waals surface area contributed by atoms with E-state index in [2.05, 4.69) is 22.6 Å². The van der Waals surface area contributed by atoms with Crippen LogP contribution in [0.4, 0.5) is 0 Å². The maximum Gasteiger partial charge on any atom is 0.164 e. The Morgan fingerprint density at radius 1 is 1.36 bits per heavy atom. The fourth-order valence-corrected chi connectivity index (χ4v) is 3.81. The lowest BCUT2D eigenvalue weighted by Gasteiger charge is -2.32. The second-order valence-corrected chi connectivity index (χ2v) is 6.58. The number of halogens is 1. The van der Waals surface area contributed by atoms with Gasteiger partial charge in [-0.3, -0.25) is 0 Å². The van der Waals surface area contributed by atoms with Crippen LogP contribution in [-0.2, 0) is 14.2 Å². The predicted molar refractivity (Wildman–Crippen MR) is 59.6 cm³/mol. The van der Waals surface area contributed by atoms with Crippen LogP contribution in [0.3, 0.4) is 0 Å². The van der Waals surface area contributed by atoms with Crippen molar-refractivity contribution in [1.82, 2.24) is 0 Å². The van der Waals surface area contributed by atoms with Gasteiger partial charge in [-0.05, 0) is 20.3 Å². The number of rotatable bonds is 0. The van der Waals surface area contributed by atoms with Gasteiger partial charge in [-0.1, -0.05) is 22.6 Å². The minimum absolute atomic E-state index is 0.129. The molecule has 14 heavy (non-hydrogen) atoms. The average Bonchev–Trinajstić information content (AvgIpc) is 2.53. The molecule has 4 atom stereocenters. The minimum Gasteiger partial charge on any atom is -0.374 e. The summed E-state index contributed by atoms with van der Waals surface area (Å²) < 4.78 is 18.3. The van der Waals surface area contributed by atoms with Gasteiger partial charge < -0.3 is 14.2 Å². The lowest BCUT2D eigenvalue weighted by molar-refractivity contribution is -0.163. The van der Waals surface area contributed by atoms with Gasteiger partial charge in [0.1, 0.15) is 5.60 Å². The lowest BCUT2D eigenvalue weighted by atomic mass is 9.84. The molecule has 0 aromatic heterocycles. The van der Waals surface area contributed by atoms with E-state index in [1.807, 2.05) is 13.8 Å². The molecule has 0 radical (unpaired) electrons. The van der Waals surface area contributed by atoms with Gasteiger partial charge in [-0.2, -0.15) is 0 Å². The Labute approximate surface area is 97.6 Å². The van der Waals surface area contributed by atoms with Gasteiger partial charge in [-0.15, -0.1) is 0 Å². The van der Waals surface area contributed by atoms with Crippen LogP contribution in [0, 0.1) is 0 Å². The summed E-state index contributed by atoms with van der Waals surface area (Å²) in [6.07, 6.45) is 2.69. The van der Waals surface area contributed by atoms with Crippen LogP contribution in [0.25, 0.3) is 0 Å². The molecule has 2 bridgehead atoms. The van der Waals surface area contributed by atoms with Crippen molar-refractivity contribution < 1.29 is 14.2 Å². The van der Waals surface area contributed by atoms with Gasteiger partial charge in [0.25, 0.3) is 0 Å². The fraction of sp³-hybridized carbons (Fsp3) is 1.00. The van der Waals surface area contributed by atoms with Gasteiger partial charge in [0.2, 0.25) is 0 Å². The standard InChI is InChI=1S/C10H15IO3/c1-9(2)13-8-3-6(11)7-4-10(8,14-9)5-12-7/h6-8H,3-5H2,1-2H3/t6-,7-,8-,10+/m1/s1. The molecule has 2 saturated heterocycles. The highest BCUT2D eigenvalue weighted by Gasteiger charge is 2.61. The highest BCUT2D eigenvalue weighted by atomic mass is 127. The van der Waals surface area contributed by atoms with Crippen molar-refractivity contribution in [2.75, 3.05) is 6.61 Å². The smallest absolute Gasteiger partial charge is 0.164 e. The molecular formula is C10H15IO3. The Morgan fingerprint density at radius 2 is 2.14 bits per heavy atom. The first-order valence-corrected chi connectivity index (χ1v) is 6.39. The monoisotopic (exact) mass is 310 g/mol.